The highest BCUT2D eigenvalue weighted by atomic mass is 19.1. The fourth-order valence-electron chi connectivity index (χ4n) is 0.729. The molecule has 0 rings (SSSR count). The third kappa shape index (κ3) is 4.55. The van der Waals surface area contributed by atoms with Gasteiger partial charge < -0.3 is 10.9 Å². The molecule has 0 fully saturated rings. The normalized spacial score (nSPS) is 12.5. The van der Waals surface area contributed by atoms with Crippen molar-refractivity contribution in [2.24, 2.45) is 10.9 Å². The second-order valence-corrected chi connectivity index (χ2v) is 2.15. The highest BCUT2D eigenvalue weighted by molar-refractivity contribution is 5.81. The Morgan fingerprint density at radius 3 is 2.73 bits per heavy atom. The van der Waals surface area contributed by atoms with Gasteiger partial charge in [0.15, 0.2) is 5.84 Å². The molecule has 0 unspecified atom stereocenters. The Bertz CT molecular complexity index is 129. The predicted molar refractivity (Wildman–Crippen MR) is 41.5 cm³/mol. The maximum atomic E-state index is 11.8. The molecule has 0 aliphatic heterocycles. The number of hydrogen-bond donors (Lipinski definition) is 2. The minimum atomic E-state index is -0.410. The van der Waals surface area contributed by atoms with E-state index in [9.17, 15) is 4.39 Å². The third-order valence-corrected chi connectivity index (χ3v) is 1.36. The minimum Gasteiger partial charge on any atom is -0.409 e. The van der Waals surface area contributed by atoms with E-state index in [2.05, 4.69) is 5.16 Å². The van der Waals surface area contributed by atoms with Gasteiger partial charge in [-0.2, -0.15) is 0 Å². The van der Waals surface area contributed by atoms with Crippen molar-refractivity contribution in [3.63, 3.8) is 0 Å². The molecule has 0 heterocycles. The first-order valence-corrected chi connectivity index (χ1v) is 3.49. The van der Waals surface area contributed by atoms with Crippen LogP contribution in [0.4, 0.5) is 4.39 Å². The lowest BCUT2D eigenvalue weighted by atomic mass is 10.4. The molecule has 0 saturated heterocycles. The van der Waals surface area contributed by atoms with Crippen LogP contribution in [0.1, 0.15) is 6.92 Å². The number of halogens is 1. The van der Waals surface area contributed by atoms with Crippen molar-refractivity contribution in [2.45, 2.75) is 6.92 Å². The molecule has 66 valence electrons. The van der Waals surface area contributed by atoms with E-state index in [1.54, 1.807) is 4.90 Å². The Labute approximate surface area is 65.5 Å². The van der Waals surface area contributed by atoms with E-state index in [0.717, 1.165) is 0 Å². The van der Waals surface area contributed by atoms with Gasteiger partial charge in [-0.1, -0.05) is 12.1 Å². The third-order valence-electron chi connectivity index (χ3n) is 1.36. The summed E-state index contributed by atoms with van der Waals surface area (Å²) in [7, 11) is 0. The topological polar surface area (TPSA) is 61.8 Å². The monoisotopic (exact) mass is 163 g/mol. The lowest BCUT2D eigenvalue weighted by Gasteiger charge is -2.16. The summed E-state index contributed by atoms with van der Waals surface area (Å²) >= 11 is 0. The van der Waals surface area contributed by atoms with E-state index in [-0.39, 0.29) is 5.84 Å². The van der Waals surface area contributed by atoms with Crippen LogP contribution in [0.15, 0.2) is 5.16 Å². The van der Waals surface area contributed by atoms with Gasteiger partial charge in [0.2, 0.25) is 0 Å². The molecule has 3 N–H and O–H groups in total. The first kappa shape index (κ1) is 10.2. The van der Waals surface area contributed by atoms with Gasteiger partial charge in [0, 0.05) is 6.54 Å². The molecule has 0 radical (unpaired) electrons. The molecule has 0 saturated carbocycles. The molecule has 0 aromatic rings. The average molecular weight is 163 g/mol. The van der Waals surface area contributed by atoms with Gasteiger partial charge in [0.1, 0.15) is 6.67 Å². The molecule has 0 atom stereocenters. The summed E-state index contributed by atoms with van der Waals surface area (Å²) in [6.45, 7) is 2.82. The van der Waals surface area contributed by atoms with Crippen LogP contribution in [0.3, 0.4) is 0 Å². The van der Waals surface area contributed by atoms with Crippen molar-refractivity contribution in [3.8, 4) is 0 Å². The molecular formula is C6H14FN3O. The number of rotatable bonds is 5. The fourth-order valence-corrected chi connectivity index (χ4v) is 0.729. The Kier molecular flexibility index (Phi) is 5.46. The first-order valence-electron chi connectivity index (χ1n) is 3.49. The summed E-state index contributed by atoms with van der Waals surface area (Å²) in [5.74, 6) is 0.111. The second kappa shape index (κ2) is 5.91. The lowest BCUT2D eigenvalue weighted by Crippen LogP contribution is -2.35. The molecule has 0 bridgehead atoms. The highest BCUT2D eigenvalue weighted by Gasteiger charge is 2.03. The van der Waals surface area contributed by atoms with Crippen LogP contribution < -0.4 is 5.73 Å². The van der Waals surface area contributed by atoms with Crippen molar-refractivity contribution in [2.75, 3.05) is 26.3 Å². The number of alkyl halides is 1. The van der Waals surface area contributed by atoms with Gasteiger partial charge in [-0.25, -0.2) is 4.39 Å². The van der Waals surface area contributed by atoms with Gasteiger partial charge in [0.05, 0.1) is 6.54 Å². The lowest BCUT2D eigenvalue weighted by molar-refractivity contribution is 0.278. The Morgan fingerprint density at radius 2 is 2.36 bits per heavy atom. The van der Waals surface area contributed by atoms with Crippen molar-refractivity contribution in [1.29, 1.82) is 0 Å². The highest BCUT2D eigenvalue weighted by Crippen LogP contribution is 1.86. The molecule has 0 amide bonds. The summed E-state index contributed by atoms with van der Waals surface area (Å²) in [5.41, 5.74) is 5.22. The molecule has 0 aromatic heterocycles. The SMILES string of the molecule is CCN(CCF)CC(N)=NO. The van der Waals surface area contributed by atoms with E-state index in [1.165, 1.54) is 0 Å². The standard InChI is InChI=1S/C6H14FN3O/c1-2-10(4-3-7)5-6(8)9-11/h11H,2-5H2,1H3,(H2,8,9). The number of likely N-dealkylation sites (N-methyl/N-ethyl adjacent to an activating group) is 1. The molecular weight excluding hydrogens is 149 g/mol. The smallest absolute Gasteiger partial charge is 0.153 e. The van der Waals surface area contributed by atoms with Crippen LogP contribution in [0.2, 0.25) is 0 Å². The summed E-state index contributed by atoms with van der Waals surface area (Å²) in [6.07, 6.45) is 0. The van der Waals surface area contributed by atoms with Gasteiger partial charge in [-0.3, -0.25) is 4.90 Å². The summed E-state index contributed by atoms with van der Waals surface area (Å²) in [4.78, 5) is 1.75. The number of nitrogens with zero attached hydrogens (tertiary/aromatic N) is 2. The van der Waals surface area contributed by atoms with Gasteiger partial charge in [-0.05, 0) is 6.54 Å². The zero-order valence-corrected chi connectivity index (χ0v) is 6.63. The van der Waals surface area contributed by atoms with E-state index < -0.39 is 6.67 Å². The zero-order chi connectivity index (χ0) is 8.69. The van der Waals surface area contributed by atoms with Gasteiger partial charge in [0.25, 0.3) is 0 Å². The Balaban J connectivity index is 3.68. The van der Waals surface area contributed by atoms with Crippen LogP contribution in [-0.2, 0) is 0 Å². The molecule has 0 aromatic carbocycles. The van der Waals surface area contributed by atoms with Crippen molar-refractivity contribution >= 4 is 5.84 Å². The molecule has 4 nitrogen and oxygen atoms in total. The van der Waals surface area contributed by atoms with Crippen LogP contribution in [-0.4, -0.2) is 42.3 Å². The Morgan fingerprint density at radius 1 is 1.73 bits per heavy atom. The van der Waals surface area contributed by atoms with Crippen molar-refractivity contribution < 1.29 is 9.60 Å². The maximum Gasteiger partial charge on any atom is 0.153 e. The Hall–Kier alpha value is -0.840. The van der Waals surface area contributed by atoms with Crippen LogP contribution in [0, 0.1) is 0 Å². The molecule has 5 heteroatoms. The minimum absolute atomic E-state index is 0.111. The number of nitrogens with two attached hydrogens (primary N) is 1. The largest absolute Gasteiger partial charge is 0.409 e. The van der Waals surface area contributed by atoms with Gasteiger partial charge >= 0.3 is 0 Å². The first-order chi connectivity index (χ1) is 5.24. The van der Waals surface area contributed by atoms with Gasteiger partial charge in [-0.15, -0.1) is 0 Å². The molecule has 0 aliphatic carbocycles. The van der Waals surface area contributed by atoms with Crippen LogP contribution in [0.5, 0.6) is 0 Å². The maximum absolute atomic E-state index is 11.8. The summed E-state index contributed by atoms with van der Waals surface area (Å²) in [6, 6.07) is 0. The number of hydrogen-bond acceptors (Lipinski definition) is 3. The van der Waals surface area contributed by atoms with Crippen LogP contribution in [0.25, 0.3) is 0 Å². The molecule has 0 spiro atoms. The molecule has 11 heavy (non-hydrogen) atoms. The predicted octanol–water partition coefficient (Wildman–Crippen LogP) is 0.0242. The number of amidine groups is 1. The second-order valence-electron chi connectivity index (χ2n) is 2.15. The average Bonchev–Trinajstić information content (AvgIpc) is 2.03. The fraction of sp³-hybridized carbons (Fsp3) is 0.833. The zero-order valence-electron chi connectivity index (χ0n) is 6.63. The van der Waals surface area contributed by atoms with E-state index in [1.807, 2.05) is 6.92 Å². The van der Waals surface area contributed by atoms with Crippen molar-refractivity contribution in [3.05, 3.63) is 0 Å². The summed E-state index contributed by atoms with van der Waals surface area (Å²) < 4.78 is 11.8. The van der Waals surface area contributed by atoms with E-state index in [0.29, 0.717) is 19.6 Å². The summed E-state index contributed by atoms with van der Waals surface area (Å²) in [5, 5.41) is 11.0. The van der Waals surface area contributed by atoms with Crippen LogP contribution >= 0.6 is 0 Å². The van der Waals surface area contributed by atoms with E-state index in [4.69, 9.17) is 10.9 Å². The molecule has 0 aliphatic rings. The number of oxime groups is 1. The quantitative estimate of drug-likeness (QED) is 0.260. The van der Waals surface area contributed by atoms with Crippen molar-refractivity contribution in [1.82, 2.24) is 4.90 Å². The van der Waals surface area contributed by atoms with E-state index >= 15 is 0 Å².